The predicted molar refractivity (Wildman–Crippen MR) is 100 cm³/mol. The number of rotatable bonds is 4. The van der Waals surface area contributed by atoms with Crippen LogP contribution in [0.25, 0.3) is 0 Å². The lowest BCUT2D eigenvalue weighted by atomic mass is 9.95. The summed E-state index contributed by atoms with van der Waals surface area (Å²) >= 11 is 0. The highest BCUT2D eigenvalue weighted by Gasteiger charge is 2.17. The predicted octanol–water partition coefficient (Wildman–Crippen LogP) is 2.56. The van der Waals surface area contributed by atoms with Crippen molar-refractivity contribution in [3.8, 4) is 0 Å². The molecule has 25 heavy (non-hydrogen) atoms. The van der Waals surface area contributed by atoms with E-state index in [4.69, 9.17) is 0 Å². The van der Waals surface area contributed by atoms with Gasteiger partial charge in [-0.3, -0.25) is 9.59 Å². The molecule has 1 aliphatic rings. The normalized spacial score (nSPS) is 13.2. The standard InChI is InChI=1S/C20H25N3O2/c1-13-10-16(23(2)3)9-8-15(13)12-21-19(24)17-11-14-6-4-5-7-18(14)22-20(17)25/h8-11H,4-7,12H2,1-3H3,(H,21,24)(H,22,25). The monoisotopic (exact) mass is 339 g/mol. The summed E-state index contributed by atoms with van der Waals surface area (Å²) in [7, 11) is 4.00. The van der Waals surface area contributed by atoms with Crippen LogP contribution in [0.3, 0.4) is 0 Å². The van der Waals surface area contributed by atoms with Crippen molar-refractivity contribution in [2.75, 3.05) is 19.0 Å². The van der Waals surface area contributed by atoms with E-state index in [2.05, 4.69) is 16.4 Å². The molecule has 1 amide bonds. The minimum atomic E-state index is -0.314. The summed E-state index contributed by atoms with van der Waals surface area (Å²) in [6.07, 6.45) is 4.02. The first-order chi connectivity index (χ1) is 12.0. The van der Waals surface area contributed by atoms with E-state index in [1.54, 1.807) is 6.07 Å². The maximum atomic E-state index is 12.5. The topological polar surface area (TPSA) is 65.2 Å². The second-order valence-corrected chi connectivity index (χ2v) is 6.91. The fraction of sp³-hybridized carbons (Fsp3) is 0.400. The SMILES string of the molecule is Cc1cc(N(C)C)ccc1CNC(=O)c1cc2c([nH]c1=O)CCCC2. The molecule has 5 nitrogen and oxygen atoms in total. The Morgan fingerprint density at radius 2 is 1.96 bits per heavy atom. The van der Waals surface area contributed by atoms with E-state index in [1.165, 1.54) is 0 Å². The zero-order valence-corrected chi connectivity index (χ0v) is 15.1. The summed E-state index contributed by atoms with van der Waals surface area (Å²) in [4.78, 5) is 29.6. The molecule has 0 spiro atoms. The Kier molecular flexibility index (Phi) is 4.93. The average Bonchev–Trinajstić information content (AvgIpc) is 2.59. The molecule has 0 atom stereocenters. The van der Waals surface area contributed by atoms with Crippen molar-refractivity contribution in [1.29, 1.82) is 0 Å². The van der Waals surface area contributed by atoms with Gasteiger partial charge in [-0.2, -0.15) is 0 Å². The highest BCUT2D eigenvalue weighted by Crippen LogP contribution is 2.19. The molecule has 0 radical (unpaired) electrons. The van der Waals surface area contributed by atoms with Crippen molar-refractivity contribution in [1.82, 2.24) is 10.3 Å². The molecule has 2 aromatic rings. The molecule has 1 heterocycles. The van der Waals surface area contributed by atoms with Gasteiger partial charge in [-0.1, -0.05) is 6.07 Å². The summed E-state index contributed by atoms with van der Waals surface area (Å²) < 4.78 is 0. The van der Waals surface area contributed by atoms with Crippen LogP contribution in [0.15, 0.2) is 29.1 Å². The lowest BCUT2D eigenvalue weighted by Crippen LogP contribution is -2.31. The van der Waals surface area contributed by atoms with Crippen LogP contribution < -0.4 is 15.8 Å². The van der Waals surface area contributed by atoms with E-state index in [-0.39, 0.29) is 17.0 Å². The fourth-order valence-electron chi connectivity index (χ4n) is 3.27. The second-order valence-electron chi connectivity index (χ2n) is 6.91. The van der Waals surface area contributed by atoms with E-state index < -0.39 is 0 Å². The van der Waals surface area contributed by atoms with Gasteiger partial charge in [0.1, 0.15) is 5.56 Å². The number of anilines is 1. The number of carbonyl (C=O) groups excluding carboxylic acids is 1. The second kappa shape index (κ2) is 7.13. The van der Waals surface area contributed by atoms with E-state index in [0.717, 1.165) is 53.8 Å². The summed E-state index contributed by atoms with van der Waals surface area (Å²) in [6.45, 7) is 2.44. The van der Waals surface area contributed by atoms with Crippen LogP contribution in [0.4, 0.5) is 5.69 Å². The zero-order valence-electron chi connectivity index (χ0n) is 15.1. The smallest absolute Gasteiger partial charge is 0.261 e. The van der Waals surface area contributed by atoms with Crippen LogP contribution in [-0.2, 0) is 19.4 Å². The Bertz CT molecular complexity index is 853. The molecule has 0 aliphatic heterocycles. The molecule has 2 N–H and O–H groups in total. The fourth-order valence-corrected chi connectivity index (χ4v) is 3.27. The summed E-state index contributed by atoms with van der Waals surface area (Å²) in [5.41, 5.74) is 5.30. The molecular weight excluding hydrogens is 314 g/mol. The first kappa shape index (κ1) is 17.3. The average molecular weight is 339 g/mol. The Balaban J connectivity index is 1.74. The van der Waals surface area contributed by atoms with Crippen LogP contribution in [-0.4, -0.2) is 25.0 Å². The number of nitrogens with zero attached hydrogens (tertiary/aromatic N) is 1. The van der Waals surface area contributed by atoms with Crippen LogP contribution in [0.5, 0.6) is 0 Å². The van der Waals surface area contributed by atoms with Crippen LogP contribution in [0.1, 0.15) is 45.6 Å². The molecule has 1 aromatic heterocycles. The molecule has 0 saturated heterocycles. The number of carbonyl (C=O) groups is 1. The summed E-state index contributed by atoms with van der Waals surface area (Å²) in [6, 6.07) is 7.90. The molecule has 1 aliphatic carbocycles. The van der Waals surface area contributed by atoms with Crippen molar-refractivity contribution in [2.24, 2.45) is 0 Å². The van der Waals surface area contributed by atoms with Gasteiger partial charge in [0.05, 0.1) is 0 Å². The molecule has 0 saturated carbocycles. The van der Waals surface area contributed by atoms with Crippen molar-refractivity contribution in [3.05, 3.63) is 62.6 Å². The summed E-state index contributed by atoms with van der Waals surface area (Å²) in [5, 5.41) is 2.88. The molecule has 5 heteroatoms. The lowest BCUT2D eigenvalue weighted by Gasteiger charge is -2.17. The zero-order chi connectivity index (χ0) is 18.0. The Morgan fingerprint density at radius 1 is 1.20 bits per heavy atom. The van der Waals surface area contributed by atoms with E-state index in [9.17, 15) is 9.59 Å². The lowest BCUT2D eigenvalue weighted by molar-refractivity contribution is 0.0949. The van der Waals surface area contributed by atoms with Gasteiger partial charge in [0.25, 0.3) is 11.5 Å². The molecule has 3 rings (SSSR count). The molecule has 0 fully saturated rings. The number of benzene rings is 1. The van der Waals surface area contributed by atoms with E-state index >= 15 is 0 Å². The Hall–Kier alpha value is -2.56. The van der Waals surface area contributed by atoms with Gasteiger partial charge in [-0.05, 0) is 67.5 Å². The Labute approximate surface area is 148 Å². The van der Waals surface area contributed by atoms with Crippen molar-refractivity contribution < 1.29 is 4.79 Å². The minimum absolute atomic E-state index is 0.211. The molecule has 132 valence electrons. The van der Waals surface area contributed by atoms with E-state index in [1.807, 2.05) is 38.1 Å². The van der Waals surface area contributed by atoms with Gasteiger partial charge in [0.15, 0.2) is 0 Å². The largest absolute Gasteiger partial charge is 0.378 e. The van der Waals surface area contributed by atoms with Crippen LogP contribution >= 0.6 is 0 Å². The van der Waals surface area contributed by atoms with Gasteiger partial charge in [-0.15, -0.1) is 0 Å². The number of nitrogens with one attached hydrogen (secondary N) is 2. The van der Waals surface area contributed by atoms with Gasteiger partial charge >= 0.3 is 0 Å². The number of fused-ring (bicyclic) bond motifs is 1. The third-order valence-corrected chi connectivity index (χ3v) is 4.86. The first-order valence-electron chi connectivity index (χ1n) is 8.76. The number of hydrogen-bond donors (Lipinski definition) is 2. The maximum absolute atomic E-state index is 12.5. The molecule has 0 bridgehead atoms. The Morgan fingerprint density at radius 3 is 2.68 bits per heavy atom. The molecular formula is C20H25N3O2. The van der Waals surface area contributed by atoms with Gasteiger partial charge in [0, 0.05) is 32.0 Å². The van der Waals surface area contributed by atoms with Gasteiger partial charge < -0.3 is 15.2 Å². The van der Waals surface area contributed by atoms with E-state index in [0.29, 0.717) is 6.54 Å². The van der Waals surface area contributed by atoms with Crippen molar-refractivity contribution in [3.63, 3.8) is 0 Å². The molecule has 1 aromatic carbocycles. The number of H-pyrrole nitrogens is 1. The van der Waals surface area contributed by atoms with Crippen molar-refractivity contribution in [2.45, 2.75) is 39.2 Å². The van der Waals surface area contributed by atoms with Gasteiger partial charge in [0.2, 0.25) is 0 Å². The highest BCUT2D eigenvalue weighted by atomic mass is 16.2. The number of aromatic nitrogens is 1. The van der Waals surface area contributed by atoms with Crippen LogP contribution in [0, 0.1) is 6.92 Å². The number of hydrogen-bond acceptors (Lipinski definition) is 3. The maximum Gasteiger partial charge on any atom is 0.261 e. The number of aromatic amines is 1. The quantitative estimate of drug-likeness (QED) is 0.900. The van der Waals surface area contributed by atoms with Crippen LogP contribution in [0.2, 0.25) is 0 Å². The highest BCUT2D eigenvalue weighted by molar-refractivity contribution is 5.94. The number of aryl methyl sites for hydroxylation is 3. The molecule has 0 unspecified atom stereocenters. The van der Waals surface area contributed by atoms with Crippen molar-refractivity contribution >= 4 is 11.6 Å². The summed E-state index contributed by atoms with van der Waals surface area (Å²) in [5.74, 6) is -0.314. The minimum Gasteiger partial charge on any atom is -0.378 e. The third-order valence-electron chi connectivity index (χ3n) is 4.86. The third kappa shape index (κ3) is 3.76. The number of amides is 1. The first-order valence-corrected chi connectivity index (χ1v) is 8.76. The number of pyridine rings is 1. The van der Waals surface area contributed by atoms with Gasteiger partial charge in [-0.25, -0.2) is 0 Å².